The van der Waals surface area contributed by atoms with Crippen molar-refractivity contribution in [1.82, 2.24) is 4.90 Å². The Morgan fingerprint density at radius 2 is 1.53 bits per heavy atom. The van der Waals surface area contributed by atoms with Gasteiger partial charge in [0.15, 0.2) is 0 Å². The van der Waals surface area contributed by atoms with Crippen LogP contribution in [0.4, 0.5) is 0 Å². The third-order valence-electron chi connectivity index (χ3n) is 5.73. The maximum atomic E-state index is 7.32. The molecule has 4 heteroatoms. The van der Waals surface area contributed by atoms with Crippen molar-refractivity contribution in [3.63, 3.8) is 0 Å². The third kappa shape index (κ3) is 8.17. The molecule has 1 saturated carbocycles. The number of aryl methyl sites for hydroxylation is 1. The van der Waals surface area contributed by atoms with E-state index in [1.54, 1.807) is 6.07 Å². The summed E-state index contributed by atoms with van der Waals surface area (Å²) in [6.45, 7) is 8.22. The van der Waals surface area contributed by atoms with Crippen LogP contribution in [0.25, 0.3) is 0 Å². The van der Waals surface area contributed by atoms with Crippen LogP contribution in [-0.4, -0.2) is 27.1 Å². The number of alkyl halides is 2. The van der Waals surface area contributed by atoms with Gasteiger partial charge in [-0.15, -0.1) is 0 Å². The van der Waals surface area contributed by atoms with Crippen molar-refractivity contribution in [2.45, 2.75) is 74.6 Å². The standard InChI is InChI=1S/C24H31Br2N.C2H3N/c1-18(2)27(17-20-7-4-3-5-8-20)14-6-9-19-10-12-21(13-11-19)22-15-23(25)24(26)16-22;1-2-3/h3-5,7-8,10-13,18,22-24H,6,9,14-17H2,1-2H3;1H3. The first-order valence-corrected chi connectivity index (χ1v) is 12.7. The summed E-state index contributed by atoms with van der Waals surface area (Å²) in [5.41, 5.74) is 4.37. The number of nitrogens with zero attached hydrogens (tertiary/aromatic N) is 2. The zero-order valence-electron chi connectivity index (χ0n) is 18.4. The smallest absolute Gasteiger partial charge is 0.0587 e. The van der Waals surface area contributed by atoms with E-state index in [0.29, 0.717) is 21.6 Å². The van der Waals surface area contributed by atoms with Gasteiger partial charge in [-0.2, -0.15) is 5.26 Å². The van der Waals surface area contributed by atoms with Crippen LogP contribution in [0.1, 0.15) is 62.6 Å². The van der Waals surface area contributed by atoms with Gasteiger partial charge in [-0.3, -0.25) is 4.90 Å². The van der Waals surface area contributed by atoms with Gasteiger partial charge in [0.1, 0.15) is 0 Å². The number of hydrogen-bond donors (Lipinski definition) is 0. The maximum absolute atomic E-state index is 7.32. The van der Waals surface area contributed by atoms with E-state index in [1.807, 2.05) is 0 Å². The van der Waals surface area contributed by atoms with E-state index in [0.717, 1.165) is 19.5 Å². The Hall–Kier alpha value is -1.15. The fraction of sp³-hybridized carbons (Fsp3) is 0.500. The summed E-state index contributed by atoms with van der Waals surface area (Å²) >= 11 is 7.57. The Kier molecular flexibility index (Phi) is 11.1. The summed E-state index contributed by atoms with van der Waals surface area (Å²) in [5.74, 6) is 0.690. The van der Waals surface area contributed by atoms with Crippen LogP contribution >= 0.6 is 31.9 Å². The van der Waals surface area contributed by atoms with Crippen molar-refractivity contribution in [1.29, 1.82) is 5.26 Å². The van der Waals surface area contributed by atoms with E-state index in [1.165, 1.54) is 42.9 Å². The second-order valence-corrected chi connectivity index (χ2v) is 10.7. The molecule has 2 aromatic carbocycles. The van der Waals surface area contributed by atoms with Crippen LogP contribution in [-0.2, 0) is 13.0 Å². The lowest BCUT2D eigenvalue weighted by Gasteiger charge is -2.26. The number of rotatable bonds is 8. The summed E-state index contributed by atoms with van der Waals surface area (Å²) in [6, 6.07) is 22.5. The predicted octanol–water partition coefficient (Wildman–Crippen LogP) is 7.46. The molecule has 0 aromatic heterocycles. The van der Waals surface area contributed by atoms with Gasteiger partial charge in [0.2, 0.25) is 0 Å². The van der Waals surface area contributed by atoms with Gasteiger partial charge in [-0.25, -0.2) is 0 Å². The lowest BCUT2D eigenvalue weighted by Crippen LogP contribution is -2.31. The molecule has 162 valence electrons. The van der Waals surface area contributed by atoms with E-state index in [4.69, 9.17) is 5.26 Å². The molecule has 0 amide bonds. The molecule has 0 saturated heterocycles. The highest BCUT2D eigenvalue weighted by molar-refractivity contribution is 9.12. The Balaban J connectivity index is 0.00000101. The normalized spacial score (nSPS) is 20.7. The Bertz CT molecular complexity index is 758. The molecule has 0 spiro atoms. The first-order chi connectivity index (χ1) is 14.4. The molecule has 3 rings (SSSR count). The van der Waals surface area contributed by atoms with Crippen LogP contribution in [0.5, 0.6) is 0 Å². The number of halogens is 2. The predicted molar refractivity (Wildman–Crippen MR) is 135 cm³/mol. The van der Waals surface area contributed by atoms with Gasteiger partial charge >= 0.3 is 0 Å². The molecule has 2 unspecified atom stereocenters. The minimum Gasteiger partial charge on any atom is -0.297 e. The molecule has 0 radical (unpaired) electrons. The maximum Gasteiger partial charge on any atom is 0.0587 e. The molecule has 0 aliphatic heterocycles. The van der Waals surface area contributed by atoms with Crippen LogP contribution in [0.15, 0.2) is 54.6 Å². The van der Waals surface area contributed by atoms with Gasteiger partial charge in [0, 0.05) is 29.2 Å². The number of nitriles is 1. The third-order valence-corrected chi connectivity index (χ3v) is 8.47. The van der Waals surface area contributed by atoms with Crippen LogP contribution in [0.3, 0.4) is 0 Å². The van der Waals surface area contributed by atoms with E-state index in [9.17, 15) is 0 Å². The molecular formula is C26H34Br2N2. The zero-order valence-corrected chi connectivity index (χ0v) is 21.6. The van der Waals surface area contributed by atoms with Gasteiger partial charge in [0.25, 0.3) is 0 Å². The highest BCUT2D eigenvalue weighted by atomic mass is 79.9. The van der Waals surface area contributed by atoms with Crippen LogP contribution in [0, 0.1) is 11.3 Å². The second kappa shape index (κ2) is 13.3. The molecular weight excluding hydrogens is 500 g/mol. The SMILES string of the molecule is CC#N.CC(C)N(CCCc1ccc(C2CC(Br)C(Br)C2)cc1)Cc1ccccc1. The second-order valence-electron chi connectivity index (χ2n) is 8.32. The molecule has 0 heterocycles. The number of benzene rings is 2. The van der Waals surface area contributed by atoms with Crippen molar-refractivity contribution < 1.29 is 0 Å². The summed E-state index contributed by atoms with van der Waals surface area (Å²) in [7, 11) is 0. The molecule has 0 N–H and O–H groups in total. The zero-order chi connectivity index (χ0) is 21.9. The van der Waals surface area contributed by atoms with Gasteiger partial charge in [-0.1, -0.05) is 86.5 Å². The first kappa shape index (κ1) is 25.1. The topological polar surface area (TPSA) is 27.0 Å². The lowest BCUT2D eigenvalue weighted by molar-refractivity contribution is 0.210. The highest BCUT2D eigenvalue weighted by Gasteiger charge is 2.31. The van der Waals surface area contributed by atoms with Crippen molar-refractivity contribution in [2.75, 3.05) is 6.54 Å². The monoisotopic (exact) mass is 532 g/mol. The van der Waals surface area contributed by atoms with Crippen molar-refractivity contribution in [3.05, 3.63) is 71.3 Å². The Labute approximate surface area is 199 Å². The summed E-state index contributed by atoms with van der Waals surface area (Å²) in [4.78, 5) is 3.79. The minimum absolute atomic E-state index is 0.573. The molecule has 0 bridgehead atoms. The lowest BCUT2D eigenvalue weighted by atomic mass is 9.96. The molecule has 1 aliphatic carbocycles. The van der Waals surface area contributed by atoms with E-state index >= 15 is 0 Å². The first-order valence-electron chi connectivity index (χ1n) is 10.9. The minimum atomic E-state index is 0.573. The summed E-state index contributed by atoms with van der Waals surface area (Å²) in [6.07, 6.45) is 4.84. The fourth-order valence-electron chi connectivity index (χ4n) is 3.99. The largest absolute Gasteiger partial charge is 0.297 e. The van der Waals surface area contributed by atoms with Gasteiger partial charge in [0.05, 0.1) is 6.07 Å². The molecule has 2 nitrogen and oxygen atoms in total. The van der Waals surface area contributed by atoms with E-state index in [-0.39, 0.29) is 0 Å². The summed E-state index contributed by atoms with van der Waals surface area (Å²) < 4.78 is 0. The van der Waals surface area contributed by atoms with Gasteiger partial charge < -0.3 is 0 Å². The molecule has 2 aromatic rings. The van der Waals surface area contributed by atoms with E-state index in [2.05, 4.69) is 105 Å². The Morgan fingerprint density at radius 3 is 2.07 bits per heavy atom. The molecule has 30 heavy (non-hydrogen) atoms. The molecule has 1 fully saturated rings. The van der Waals surface area contributed by atoms with Crippen LogP contribution < -0.4 is 0 Å². The fourth-order valence-corrected chi connectivity index (χ4v) is 5.32. The highest BCUT2D eigenvalue weighted by Crippen LogP contribution is 2.41. The Morgan fingerprint density at radius 1 is 0.967 bits per heavy atom. The average molecular weight is 534 g/mol. The van der Waals surface area contributed by atoms with Crippen LogP contribution in [0.2, 0.25) is 0 Å². The molecule has 1 aliphatic rings. The average Bonchev–Trinajstić information content (AvgIpc) is 3.07. The number of hydrogen-bond acceptors (Lipinski definition) is 2. The van der Waals surface area contributed by atoms with Crippen molar-refractivity contribution in [3.8, 4) is 6.07 Å². The molecule has 2 atom stereocenters. The quantitative estimate of drug-likeness (QED) is 0.329. The summed E-state index contributed by atoms with van der Waals surface area (Å²) in [5, 5.41) is 7.32. The van der Waals surface area contributed by atoms with E-state index < -0.39 is 0 Å². The van der Waals surface area contributed by atoms with Crippen molar-refractivity contribution >= 4 is 31.9 Å². The van der Waals surface area contributed by atoms with Gasteiger partial charge in [-0.05, 0) is 68.7 Å². The van der Waals surface area contributed by atoms with Crippen molar-refractivity contribution in [2.24, 2.45) is 0 Å².